The average Bonchev–Trinajstić information content (AvgIpc) is 2.83. The first-order valence-electron chi connectivity index (χ1n) is 12.7. The van der Waals surface area contributed by atoms with Crippen molar-refractivity contribution in [1.82, 2.24) is 14.5 Å². The van der Waals surface area contributed by atoms with Gasteiger partial charge in [-0.1, -0.05) is 68.6 Å². The Morgan fingerprint density at radius 2 is 1.85 bits per heavy atom. The summed E-state index contributed by atoms with van der Waals surface area (Å²) in [5.41, 5.74) is 4.24. The molecule has 4 rings (SSSR count). The van der Waals surface area contributed by atoms with Gasteiger partial charge in [-0.25, -0.2) is 4.98 Å². The maximum absolute atomic E-state index is 14.1. The van der Waals surface area contributed by atoms with Crippen molar-refractivity contribution in [3.05, 3.63) is 45.7 Å². The lowest BCUT2D eigenvalue weighted by molar-refractivity contribution is -0.127. The van der Waals surface area contributed by atoms with Crippen LogP contribution in [0, 0.1) is 0 Å². The molecule has 2 aliphatic carbocycles. The zero-order chi connectivity index (χ0) is 23.4. The highest BCUT2D eigenvalue weighted by atomic mass is 32.2. The monoisotopic (exact) mass is 467 g/mol. The Balaban J connectivity index is 1.83. The van der Waals surface area contributed by atoms with Gasteiger partial charge in [0.1, 0.15) is 0 Å². The van der Waals surface area contributed by atoms with Crippen molar-refractivity contribution in [3.8, 4) is 11.3 Å². The van der Waals surface area contributed by atoms with Crippen molar-refractivity contribution >= 4 is 17.7 Å². The van der Waals surface area contributed by atoms with Gasteiger partial charge in [-0.15, -0.1) is 0 Å². The number of fused-ring (bicyclic) bond motifs is 4. The Morgan fingerprint density at radius 1 is 1.12 bits per heavy atom. The van der Waals surface area contributed by atoms with E-state index >= 15 is 0 Å². The van der Waals surface area contributed by atoms with Gasteiger partial charge in [-0.2, -0.15) is 0 Å². The molecule has 1 amide bonds. The maximum Gasteiger partial charge on any atom is 0.258 e. The van der Waals surface area contributed by atoms with E-state index in [9.17, 15) is 9.59 Å². The number of unbranched alkanes of at least 4 members (excludes halogenated alkanes) is 1. The Bertz CT molecular complexity index is 1050. The van der Waals surface area contributed by atoms with Crippen molar-refractivity contribution < 1.29 is 4.79 Å². The normalized spacial score (nSPS) is 16.3. The van der Waals surface area contributed by atoms with Crippen LogP contribution in [0.25, 0.3) is 11.3 Å². The lowest BCUT2D eigenvalue weighted by atomic mass is 9.62. The molecule has 1 fully saturated rings. The van der Waals surface area contributed by atoms with Gasteiger partial charge in [-0.3, -0.25) is 14.2 Å². The van der Waals surface area contributed by atoms with Crippen molar-refractivity contribution in [1.29, 1.82) is 0 Å². The number of nitrogens with zero attached hydrogens (tertiary/aromatic N) is 3. The number of hydrogen-bond donors (Lipinski definition) is 0. The van der Waals surface area contributed by atoms with Crippen molar-refractivity contribution in [2.45, 2.75) is 89.3 Å². The van der Waals surface area contributed by atoms with Crippen LogP contribution >= 0.6 is 11.8 Å². The molecule has 33 heavy (non-hydrogen) atoms. The lowest BCUT2D eigenvalue weighted by Gasteiger charge is -2.42. The summed E-state index contributed by atoms with van der Waals surface area (Å²) in [4.78, 5) is 33.8. The third-order valence-corrected chi connectivity index (χ3v) is 8.41. The second-order valence-electron chi connectivity index (χ2n) is 9.46. The number of carbonyl (C=O) groups is 1. The predicted molar refractivity (Wildman–Crippen MR) is 136 cm³/mol. The number of benzene rings is 1. The molecule has 1 aromatic heterocycles. The van der Waals surface area contributed by atoms with E-state index in [-0.39, 0.29) is 16.9 Å². The van der Waals surface area contributed by atoms with E-state index in [2.05, 4.69) is 25.1 Å². The highest BCUT2D eigenvalue weighted by Crippen LogP contribution is 2.48. The van der Waals surface area contributed by atoms with Crippen LogP contribution in [-0.2, 0) is 23.2 Å². The molecule has 1 aromatic carbocycles. The summed E-state index contributed by atoms with van der Waals surface area (Å²) in [5.74, 6) is 0.411. The van der Waals surface area contributed by atoms with Gasteiger partial charge in [0.05, 0.1) is 17.0 Å². The minimum absolute atomic E-state index is 0.0970. The second-order valence-corrected chi connectivity index (χ2v) is 10.4. The Morgan fingerprint density at radius 3 is 2.55 bits per heavy atom. The molecule has 1 heterocycles. The summed E-state index contributed by atoms with van der Waals surface area (Å²) in [6.45, 7) is 8.21. The molecular formula is C27H37N3O2S. The van der Waals surface area contributed by atoms with Gasteiger partial charge in [0.25, 0.3) is 5.56 Å². The first-order valence-corrected chi connectivity index (χ1v) is 13.7. The minimum Gasteiger partial charge on any atom is -0.343 e. The van der Waals surface area contributed by atoms with Crippen LogP contribution in [-0.4, -0.2) is 39.2 Å². The molecular weight excluding hydrogens is 430 g/mol. The number of thioether (sulfide) groups is 1. The zero-order valence-electron chi connectivity index (χ0n) is 20.4. The summed E-state index contributed by atoms with van der Waals surface area (Å²) in [6, 6.07) is 8.46. The Hall–Kier alpha value is -2.08. The molecule has 1 saturated carbocycles. The van der Waals surface area contributed by atoms with Crippen LogP contribution < -0.4 is 5.56 Å². The topological polar surface area (TPSA) is 55.2 Å². The van der Waals surface area contributed by atoms with E-state index < -0.39 is 0 Å². The predicted octanol–water partition coefficient (Wildman–Crippen LogP) is 5.43. The Kier molecular flexibility index (Phi) is 7.62. The fourth-order valence-electron chi connectivity index (χ4n) is 5.64. The molecule has 6 heteroatoms. The second kappa shape index (κ2) is 10.5. The molecule has 178 valence electrons. The third-order valence-electron chi connectivity index (χ3n) is 7.45. The third kappa shape index (κ3) is 4.64. The lowest BCUT2D eigenvalue weighted by Crippen LogP contribution is -2.43. The van der Waals surface area contributed by atoms with E-state index in [0.29, 0.717) is 30.5 Å². The van der Waals surface area contributed by atoms with E-state index in [4.69, 9.17) is 4.98 Å². The van der Waals surface area contributed by atoms with E-state index in [1.165, 1.54) is 36.6 Å². The molecule has 0 saturated heterocycles. The van der Waals surface area contributed by atoms with Gasteiger partial charge < -0.3 is 4.90 Å². The minimum atomic E-state index is -0.0970. The van der Waals surface area contributed by atoms with Crippen LogP contribution in [0.2, 0.25) is 0 Å². The van der Waals surface area contributed by atoms with Gasteiger partial charge in [0.15, 0.2) is 5.16 Å². The van der Waals surface area contributed by atoms with Gasteiger partial charge in [0.2, 0.25) is 5.91 Å². The molecule has 0 N–H and O–H groups in total. The fraction of sp³-hybridized carbons (Fsp3) is 0.593. The summed E-state index contributed by atoms with van der Waals surface area (Å²) >= 11 is 1.42. The molecule has 0 unspecified atom stereocenters. The molecule has 0 aliphatic heterocycles. The maximum atomic E-state index is 14.1. The molecule has 0 radical (unpaired) electrons. The molecule has 0 bridgehead atoms. The van der Waals surface area contributed by atoms with Crippen LogP contribution in [0.1, 0.15) is 76.8 Å². The van der Waals surface area contributed by atoms with Crippen molar-refractivity contribution in [2.75, 3.05) is 18.8 Å². The first kappa shape index (κ1) is 24.1. The molecule has 1 spiro atoms. The fourth-order valence-corrected chi connectivity index (χ4v) is 6.56. The van der Waals surface area contributed by atoms with Gasteiger partial charge in [-0.05, 0) is 45.1 Å². The number of amides is 1. The van der Waals surface area contributed by atoms with Crippen LogP contribution in [0.3, 0.4) is 0 Å². The SMILES string of the molecule is CCCCn1c(SCC(=O)N(CC)CC)nc2c(c1=O)C1(CCCCC1)Cc1ccccc1-2. The standard InChI is InChI=1S/C27H37N3O2S/c1-4-7-17-30-25(32)23-24(28-26(30)33-19-22(31)29(5-2)6-3)21-14-10-9-13-20(21)18-27(23)15-11-8-12-16-27/h9-10,13-14H,4-8,11-12,15-19H2,1-3H3. The van der Waals surface area contributed by atoms with E-state index in [1.54, 1.807) is 0 Å². The van der Waals surface area contributed by atoms with Crippen molar-refractivity contribution in [2.24, 2.45) is 0 Å². The van der Waals surface area contributed by atoms with Crippen LogP contribution in [0.4, 0.5) is 0 Å². The van der Waals surface area contributed by atoms with E-state index in [0.717, 1.165) is 48.9 Å². The highest BCUT2D eigenvalue weighted by molar-refractivity contribution is 7.99. The summed E-state index contributed by atoms with van der Waals surface area (Å²) in [6.07, 6.45) is 8.60. The molecule has 5 nitrogen and oxygen atoms in total. The first-order chi connectivity index (χ1) is 16.0. The van der Waals surface area contributed by atoms with Gasteiger partial charge in [0, 0.05) is 30.6 Å². The smallest absolute Gasteiger partial charge is 0.258 e. The number of carbonyl (C=O) groups excluding carboxylic acids is 1. The number of rotatable bonds is 8. The van der Waals surface area contributed by atoms with E-state index in [1.807, 2.05) is 29.4 Å². The average molecular weight is 468 g/mol. The summed E-state index contributed by atoms with van der Waals surface area (Å²) in [7, 11) is 0. The summed E-state index contributed by atoms with van der Waals surface area (Å²) < 4.78 is 1.88. The van der Waals surface area contributed by atoms with Gasteiger partial charge >= 0.3 is 0 Å². The molecule has 2 aromatic rings. The molecule has 2 aliphatic rings. The Labute approximate surface area is 202 Å². The summed E-state index contributed by atoms with van der Waals surface area (Å²) in [5, 5.41) is 0.690. The van der Waals surface area contributed by atoms with Crippen LogP contribution in [0.5, 0.6) is 0 Å². The highest BCUT2D eigenvalue weighted by Gasteiger charge is 2.43. The zero-order valence-corrected chi connectivity index (χ0v) is 21.2. The van der Waals surface area contributed by atoms with Crippen LogP contribution in [0.15, 0.2) is 34.2 Å². The molecule has 0 atom stereocenters. The quantitative estimate of drug-likeness (QED) is 0.384. The number of aromatic nitrogens is 2. The van der Waals surface area contributed by atoms with Crippen molar-refractivity contribution in [3.63, 3.8) is 0 Å². The number of hydrogen-bond acceptors (Lipinski definition) is 4. The largest absolute Gasteiger partial charge is 0.343 e.